The number of likely N-dealkylation sites (N-methyl/N-ethyl adjacent to an activating group) is 1. The SMILES string of the molecule is Cc1ccc(CN2CCN(C3=NC4C(C(=O)NC(=O)N4C)N3CC(C)C)CC2)cc1. The standard InChI is InChI=1S/C22H32N6O2/c1-15(2)13-28-18-19(25(4)22(30)24-20(18)29)23-21(28)27-11-9-26(10-12-27)14-17-7-5-16(3)6-8-17/h5-8,15,18-19H,9-14H2,1-4H3,(H,24,29,30). The van der Waals surface area contributed by atoms with Crippen LogP contribution >= 0.6 is 0 Å². The second kappa shape index (κ2) is 8.26. The van der Waals surface area contributed by atoms with Crippen molar-refractivity contribution in [3.8, 4) is 0 Å². The molecule has 1 aromatic carbocycles. The van der Waals surface area contributed by atoms with Crippen molar-refractivity contribution in [2.24, 2.45) is 10.9 Å². The van der Waals surface area contributed by atoms with Crippen molar-refractivity contribution in [3.05, 3.63) is 35.4 Å². The first kappa shape index (κ1) is 20.7. The Labute approximate surface area is 178 Å². The van der Waals surface area contributed by atoms with Crippen LogP contribution in [0.1, 0.15) is 25.0 Å². The third-order valence-corrected chi connectivity index (χ3v) is 6.08. The van der Waals surface area contributed by atoms with Gasteiger partial charge in [0.2, 0.25) is 0 Å². The first-order valence-corrected chi connectivity index (χ1v) is 10.8. The van der Waals surface area contributed by atoms with E-state index in [1.54, 1.807) is 11.9 Å². The lowest BCUT2D eigenvalue weighted by molar-refractivity contribution is -0.127. The van der Waals surface area contributed by atoms with Crippen molar-refractivity contribution >= 4 is 17.9 Å². The summed E-state index contributed by atoms with van der Waals surface area (Å²) < 4.78 is 0. The largest absolute Gasteiger partial charge is 0.340 e. The van der Waals surface area contributed by atoms with E-state index in [4.69, 9.17) is 4.99 Å². The van der Waals surface area contributed by atoms with Gasteiger partial charge in [0.25, 0.3) is 5.91 Å². The quantitative estimate of drug-likeness (QED) is 0.808. The predicted molar refractivity (Wildman–Crippen MR) is 116 cm³/mol. The second-order valence-electron chi connectivity index (χ2n) is 8.99. The molecule has 3 heterocycles. The summed E-state index contributed by atoms with van der Waals surface area (Å²) in [5, 5.41) is 2.47. The monoisotopic (exact) mass is 412 g/mol. The maximum Gasteiger partial charge on any atom is 0.325 e. The Morgan fingerprint density at radius 2 is 1.77 bits per heavy atom. The Hall–Kier alpha value is -2.61. The van der Waals surface area contributed by atoms with Crippen LogP contribution in [0, 0.1) is 12.8 Å². The summed E-state index contributed by atoms with van der Waals surface area (Å²) in [4.78, 5) is 38.0. The minimum absolute atomic E-state index is 0.250. The van der Waals surface area contributed by atoms with E-state index in [0.717, 1.165) is 45.2 Å². The first-order chi connectivity index (χ1) is 14.3. The van der Waals surface area contributed by atoms with Crippen LogP contribution in [-0.4, -0.2) is 89.5 Å². The van der Waals surface area contributed by atoms with E-state index in [1.807, 2.05) is 0 Å². The Kier molecular flexibility index (Phi) is 5.69. The molecule has 0 aromatic heterocycles. The van der Waals surface area contributed by atoms with Gasteiger partial charge in [-0.05, 0) is 18.4 Å². The lowest BCUT2D eigenvalue weighted by Gasteiger charge is -2.41. The minimum Gasteiger partial charge on any atom is -0.340 e. The van der Waals surface area contributed by atoms with Crippen molar-refractivity contribution in [3.63, 3.8) is 0 Å². The van der Waals surface area contributed by atoms with E-state index in [0.29, 0.717) is 5.92 Å². The summed E-state index contributed by atoms with van der Waals surface area (Å²) in [6.45, 7) is 11.7. The third kappa shape index (κ3) is 4.01. The average Bonchev–Trinajstić information content (AvgIpc) is 3.08. The van der Waals surface area contributed by atoms with Gasteiger partial charge in [0.05, 0.1) is 0 Å². The number of hydrogen-bond donors (Lipinski definition) is 1. The zero-order chi connectivity index (χ0) is 21.4. The van der Waals surface area contributed by atoms with E-state index in [2.05, 4.69) is 65.1 Å². The smallest absolute Gasteiger partial charge is 0.325 e. The fourth-order valence-corrected chi connectivity index (χ4v) is 4.42. The highest BCUT2D eigenvalue weighted by atomic mass is 16.2. The highest BCUT2D eigenvalue weighted by Crippen LogP contribution is 2.27. The summed E-state index contributed by atoms with van der Waals surface area (Å²) in [6, 6.07) is 7.89. The second-order valence-corrected chi connectivity index (χ2v) is 8.99. The van der Waals surface area contributed by atoms with Crippen LogP contribution in [0.3, 0.4) is 0 Å². The lowest BCUT2D eigenvalue weighted by Crippen LogP contribution is -2.65. The molecular formula is C22H32N6O2. The van der Waals surface area contributed by atoms with Gasteiger partial charge < -0.3 is 14.7 Å². The molecule has 2 fully saturated rings. The number of hydrogen-bond acceptors (Lipinski definition) is 6. The number of fused-ring (bicyclic) bond motifs is 1. The van der Waals surface area contributed by atoms with Gasteiger partial charge in [-0.15, -0.1) is 0 Å². The summed E-state index contributed by atoms with van der Waals surface area (Å²) >= 11 is 0. The Morgan fingerprint density at radius 1 is 1.10 bits per heavy atom. The van der Waals surface area contributed by atoms with Crippen LogP contribution in [0.5, 0.6) is 0 Å². The van der Waals surface area contributed by atoms with Crippen LogP contribution in [0.15, 0.2) is 29.3 Å². The van der Waals surface area contributed by atoms with Crippen molar-refractivity contribution in [2.75, 3.05) is 39.8 Å². The van der Waals surface area contributed by atoms with E-state index < -0.39 is 12.2 Å². The molecule has 1 aromatic rings. The molecule has 162 valence electrons. The van der Waals surface area contributed by atoms with Crippen LogP contribution in [-0.2, 0) is 11.3 Å². The average molecular weight is 413 g/mol. The molecule has 30 heavy (non-hydrogen) atoms. The van der Waals surface area contributed by atoms with Crippen molar-refractivity contribution in [1.29, 1.82) is 0 Å². The summed E-state index contributed by atoms with van der Waals surface area (Å²) in [6.07, 6.45) is -0.453. The molecule has 8 nitrogen and oxygen atoms in total. The van der Waals surface area contributed by atoms with Crippen LogP contribution in [0.25, 0.3) is 0 Å². The number of carbonyl (C=O) groups excluding carboxylic acids is 2. The molecule has 1 N–H and O–H groups in total. The number of rotatable bonds is 4. The number of amides is 3. The number of carbonyl (C=O) groups is 2. The Bertz CT molecular complexity index is 829. The van der Waals surface area contributed by atoms with Crippen molar-refractivity contribution < 1.29 is 9.59 Å². The predicted octanol–water partition coefficient (Wildman–Crippen LogP) is 1.32. The number of nitrogens with one attached hydrogen (secondary N) is 1. The molecule has 4 rings (SSSR count). The minimum atomic E-state index is -0.453. The van der Waals surface area contributed by atoms with Crippen LogP contribution in [0.4, 0.5) is 4.79 Å². The molecule has 2 unspecified atom stereocenters. The van der Waals surface area contributed by atoms with E-state index in [1.165, 1.54) is 11.1 Å². The molecule has 2 atom stereocenters. The van der Waals surface area contributed by atoms with E-state index in [9.17, 15) is 9.59 Å². The van der Waals surface area contributed by atoms with Gasteiger partial charge in [0.1, 0.15) is 0 Å². The van der Waals surface area contributed by atoms with Crippen LogP contribution < -0.4 is 5.32 Å². The number of aliphatic imine (C=N–C) groups is 1. The molecule has 0 saturated carbocycles. The highest BCUT2D eigenvalue weighted by molar-refractivity contribution is 6.03. The molecule has 0 bridgehead atoms. The molecule has 8 heteroatoms. The summed E-state index contributed by atoms with van der Waals surface area (Å²) in [7, 11) is 1.71. The lowest BCUT2D eigenvalue weighted by atomic mass is 10.1. The Balaban J connectivity index is 1.46. The molecular weight excluding hydrogens is 380 g/mol. The van der Waals surface area contributed by atoms with Crippen molar-refractivity contribution in [1.82, 2.24) is 24.9 Å². The molecule has 0 spiro atoms. The number of guanidine groups is 1. The summed E-state index contributed by atoms with van der Waals surface area (Å²) in [5.74, 6) is 0.985. The van der Waals surface area contributed by atoms with Gasteiger partial charge in [0, 0.05) is 46.3 Å². The zero-order valence-corrected chi connectivity index (χ0v) is 18.3. The fourth-order valence-electron chi connectivity index (χ4n) is 4.42. The molecule has 0 radical (unpaired) electrons. The van der Waals surface area contributed by atoms with Gasteiger partial charge in [-0.2, -0.15) is 0 Å². The topological polar surface area (TPSA) is 71.5 Å². The molecule has 3 aliphatic rings. The highest BCUT2D eigenvalue weighted by Gasteiger charge is 2.49. The van der Waals surface area contributed by atoms with Gasteiger partial charge in [-0.1, -0.05) is 43.7 Å². The number of imide groups is 1. The molecule has 2 saturated heterocycles. The molecule has 0 aliphatic carbocycles. The molecule has 3 aliphatic heterocycles. The molecule has 3 amide bonds. The third-order valence-electron chi connectivity index (χ3n) is 6.08. The maximum absolute atomic E-state index is 12.6. The van der Waals surface area contributed by atoms with Gasteiger partial charge >= 0.3 is 6.03 Å². The number of urea groups is 1. The normalized spacial score (nSPS) is 25.0. The van der Waals surface area contributed by atoms with E-state index >= 15 is 0 Å². The first-order valence-electron chi connectivity index (χ1n) is 10.8. The summed E-state index contributed by atoms with van der Waals surface area (Å²) in [5.41, 5.74) is 2.61. The number of piperazine rings is 1. The number of benzene rings is 1. The number of aryl methyl sites for hydroxylation is 1. The maximum atomic E-state index is 12.6. The van der Waals surface area contributed by atoms with Crippen LogP contribution in [0.2, 0.25) is 0 Å². The fraction of sp³-hybridized carbons (Fsp3) is 0.591. The van der Waals surface area contributed by atoms with Gasteiger partial charge in [-0.25, -0.2) is 9.79 Å². The van der Waals surface area contributed by atoms with Crippen molar-refractivity contribution in [2.45, 2.75) is 39.5 Å². The van der Waals surface area contributed by atoms with Gasteiger partial charge in [-0.3, -0.25) is 15.0 Å². The van der Waals surface area contributed by atoms with E-state index in [-0.39, 0.29) is 11.9 Å². The van der Waals surface area contributed by atoms with Gasteiger partial charge in [0.15, 0.2) is 18.2 Å². The Morgan fingerprint density at radius 3 is 2.40 bits per heavy atom. The zero-order valence-electron chi connectivity index (χ0n) is 18.3. The number of nitrogens with zero attached hydrogens (tertiary/aromatic N) is 5.